The van der Waals surface area contributed by atoms with Gasteiger partial charge in [0.05, 0.1) is 23.9 Å². The average Bonchev–Trinajstić information content (AvgIpc) is 3.45. The van der Waals surface area contributed by atoms with Crippen LogP contribution in [0.2, 0.25) is 0 Å². The number of rotatable bonds is 7. The van der Waals surface area contributed by atoms with Crippen molar-refractivity contribution in [3.63, 3.8) is 0 Å². The highest BCUT2D eigenvalue weighted by Crippen LogP contribution is 2.27. The van der Waals surface area contributed by atoms with Crippen LogP contribution in [0.15, 0.2) is 35.7 Å². The van der Waals surface area contributed by atoms with Crippen LogP contribution in [-0.2, 0) is 17.8 Å². The Morgan fingerprint density at radius 1 is 1.37 bits per heavy atom. The van der Waals surface area contributed by atoms with Gasteiger partial charge in [-0.25, -0.2) is 9.97 Å². The molecule has 142 valence electrons. The number of carbonyl (C=O) groups is 1. The Labute approximate surface area is 162 Å². The maximum atomic E-state index is 12.6. The second kappa shape index (κ2) is 8.47. The van der Waals surface area contributed by atoms with Crippen LogP contribution < -0.4 is 0 Å². The molecule has 4 heterocycles. The van der Waals surface area contributed by atoms with Crippen molar-refractivity contribution < 1.29 is 4.79 Å². The largest absolute Gasteiger partial charge is 0.342 e. The summed E-state index contributed by atoms with van der Waals surface area (Å²) >= 11 is 1.61. The smallest absolute Gasteiger partial charge is 0.222 e. The van der Waals surface area contributed by atoms with E-state index in [9.17, 15) is 4.79 Å². The first-order chi connectivity index (χ1) is 13.3. The molecule has 0 bridgehead atoms. The standard InChI is InChI=1S/C19H24N6OS/c26-18(5-1-3-15-9-22-23-10-15)24-7-2-4-16(11-24)19-20-6-8-25(19)12-17-13-27-14-21-17/h6,8-10,13-14,16H,1-5,7,11-12H2,(H,22,23)/t16-/m1/s1. The van der Waals surface area contributed by atoms with E-state index in [1.807, 2.05) is 35.2 Å². The molecule has 0 spiro atoms. The van der Waals surface area contributed by atoms with Gasteiger partial charge in [0.1, 0.15) is 5.82 Å². The fraction of sp³-hybridized carbons (Fsp3) is 0.474. The van der Waals surface area contributed by atoms with Crippen LogP contribution in [0.4, 0.5) is 0 Å². The number of likely N-dealkylation sites (tertiary alicyclic amines) is 1. The molecule has 3 aromatic rings. The van der Waals surface area contributed by atoms with Crippen molar-refractivity contribution in [2.24, 2.45) is 0 Å². The molecule has 0 radical (unpaired) electrons. The number of carbonyl (C=O) groups excluding carboxylic acids is 1. The third-order valence-corrected chi connectivity index (χ3v) is 5.75. The SMILES string of the molecule is O=C(CCCc1cn[nH]c1)N1CCC[C@@H](c2nccn2Cc2cscn2)C1. The summed E-state index contributed by atoms with van der Waals surface area (Å²) in [5.41, 5.74) is 4.07. The van der Waals surface area contributed by atoms with Crippen molar-refractivity contribution >= 4 is 17.2 Å². The Morgan fingerprint density at radius 3 is 3.15 bits per heavy atom. The summed E-state index contributed by atoms with van der Waals surface area (Å²) in [6.07, 6.45) is 12.0. The summed E-state index contributed by atoms with van der Waals surface area (Å²) in [7, 11) is 0. The highest BCUT2D eigenvalue weighted by Gasteiger charge is 2.27. The first kappa shape index (κ1) is 17.9. The van der Waals surface area contributed by atoms with E-state index < -0.39 is 0 Å². The number of thiazole rings is 1. The molecule has 1 N–H and O–H groups in total. The summed E-state index contributed by atoms with van der Waals surface area (Å²) in [6, 6.07) is 0. The van der Waals surface area contributed by atoms with Gasteiger partial charge in [-0.1, -0.05) is 0 Å². The van der Waals surface area contributed by atoms with Crippen LogP contribution in [0.3, 0.4) is 0 Å². The van der Waals surface area contributed by atoms with E-state index in [1.165, 1.54) is 0 Å². The van der Waals surface area contributed by atoms with Gasteiger partial charge in [0.25, 0.3) is 0 Å². The molecular formula is C19H24N6OS. The molecule has 1 amide bonds. The van der Waals surface area contributed by atoms with Crippen LogP contribution in [0.25, 0.3) is 0 Å². The van der Waals surface area contributed by atoms with Gasteiger partial charge in [-0.05, 0) is 31.2 Å². The zero-order chi connectivity index (χ0) is 18.5. The Morgan fingerprint density at radius 2 is 2.33 bits per heavy atom. The monoisotopic (exact) mass is 384 g/mol. The molecule has 1 aliphatic heterocycles. The predicted octanol–water partition coefficient (Wildman–Crippen LogP) is 2.84. The number of piperidine rings is 1. The van der Waals surface area contributed by atoms with Crippen LogP contribution in [0, 0.1) is 0 Å². The third-order valence-electron chi connectivity index (χ3n) is 5.11. The molecule has 1 saturated heterocycles. The number of nitrogens with one attached hydrogen (secondary N) is 1. The van der Waals surface area contributed by atoms with Gasteiger partial charge < -0.3 is 9.47 Å². The first-order valence-electron chi connectivity index (χ1n) is 9.43. The Bertz CT molecular complexity index is 842. The maximum Gasteiger partial charge on any atom is 0.222 e. The molecule has 1 atom stereocenters. The van der Waals surface area contributed by atoms with Gasteiger partial charge in [0.2, 0.25) is 5.91 Å². The van der Waals surface area contributed by atoms with Gasteiger partial charge in [-0.15, -0.1) is 11.3 Å². The topological polar surface area (TPSA) is 79.7 Å². The predicted molar refractivity (Wildman–Crippen MR) is 104 cm³/mol. The minimum atomic E-state index is 0.251. The fourth-order valence-electron chi connectivity index (χ4n) is 3.74. The highest BCUT2D eigenvalue weighted by atomic mass is 32.1. The van der Waals surface area contributed by atoms with Crippen molar-refractivity contribution in [1.82, 2.24) is 29.6 Å². The maximum absolute atomic E-state index is 12.6. The molecule has 1 aliphatic rings. The summed E-state index contributed by atoms with van der Waals surface area (Å²) < 4.78 is 2.17. The normalized spacial score (nSPS) is 17.3. The summed E-state index contributed by atoms with van der Waals surface area (Å²) in [5.74, 6) is 1.62. The number of imidazole rings is 1. The number of aromatic nitrogens is 5. The Hall–Kier alpha value is -2.48. The minimum absolute atomic E-state index is 0.251. The summed E-state index contributed by atoms with van der Waals surface area (Å²) in [5, 5.41) is 8.83. The minimum Gasteiger partial charge on any atom is -0.342 e. The van der Waals surface area contributed by atoms with E-state index in [0.717, 1.165) is 62.4 Å². The Kier molecular flexibility index (Phi) is 5.62. The fourth-order valence-corrected chi connectivity index (χ4v) is 4.28. The third kappa shape index (κ3) is 4.44. The van der Waals surface area contributed by atoms with Crippen molar-refractivity contribution in [2.75, 3.05) is 13.1 Å². The molecule has 0 unspecified atom stereocenters. The lowest BCUT2D eigenvalue weighted by molar-refractivity contribution is -0.132. The first-order valence-corrected chi connectivity index (χ1v) is 10.4. The van der Waals surface area contributed by atoms with Crippen LogP contribution in [-0.4, -0.2) is 48.6 Å². The van der Waals surface area contributed by atoms with E-state index in [2.05, 4.69) is 30.1 Å². The molecule has 0 aliphatic carbocycles. The van der Waals surface area contributed by atoms with Crippen LogP contribution in [0.1, 0.15) is 48.7 Å². The molecular weight excluding hydrogens is 360 g/mol. The number of hydrogen-bond donors (Lipinski definition) is 1. The van der Waals surface area contributed by atoms with Gasteiger partial charge in [-0.3, -0.25) is 9.89 Å². The second-order valence-electron chi connectivity index (χ2n) is 7.03. The zero-order valence-electron chi connectivity index (χ0n) is 15.3. The number of hydrogen-bond acceptors (Lipinski definition) is 5. The van der Waals surface area contributed by atoms with Gasteiger partial charge >= 0.3 is 0 Å². The lowest BCUT2D eigenvalue weighted by Gasteiger charge is -2.32. The molecule has 3 aromatic heterocycles. The highest BCUT2D eigenvalue weighted by molar-refractivity contribution is 7.07. The molecule has 0 saturated carbocycles. The van der Waals surface area contributed by atoms with Gasteiger partial charge in [0.15, 0.2) is 0 Å². The van der Waals surface area contributed by atoms with Crippen LogP contribution >= 0.6 is 11.3 Å². The van der Waals surface area contributed by atoms with E-state index in [4.69, 9.17) is 0 Å². The second-order valence-corrected chi connectivity index (χ2v) is 7.75. The molecule has 0 aromatic carbocycles. The van der Waals surface area contributed by atoms with Gasteiger partial charge in [0, 0.05) is 49.4 Å². The quantitative estimate of drug-likeness (QED) is 0.679. The van der Waals surface area contributed by atoms with E-state index in [1.54, 1.807) is 11.3 Å². The molecule has 1 fully saturated rings. The van der Waals surface area contributed by atoms with Crippen LogP contribution in [0.5, 0.6) is 0 Å². The van der Waals surface area contributed by atoms with Gasteiger partial charge in [-0.2, -0.15) is 5.10 Å². The van der Waals surface area contributed by atoms with Crippen molar-refractivity contribution in [3.8, 4) is 0 Å². The molecule has 8 heteroatoms. The zero-order valence-corrected chi connectivity index (χ0v) is 16.1. The summed E-state index contributed by atoms with van der Waals surface area (Å²) in [4.78, 5) is 23.6. The van der Waals surface area contributed by atoms with Crippen molar-refractivity contribution in [2.45, 2.75) is 44.6 Å². The van der Waals surface area contributed by atoms with E-state index in [-0.39, 0.29) is 5.91 Å². The number of amides is 1. The lowest BCUT2D eigenvalue weighted by atomic mass is 9.96. The molecule has 7 nitrogen and oxygen atoms in total. The average molecular weight is 385 g/mol. The number of H-pyrrole nitrogens is 1. The summed E-state index contributed by atoms with van der Waals surface area (Å²) in [6.45, 7) is 2.36. The van der Waals surface area contributed by atoms with Crippen molar-refractivity contribution in [3.05, 3.63) is 52.8 Å². The number of aryl methyl sites for hydroxylation is 1. The lowest BCUT2D eigenvalue weighted by Crippen LogP contribution is -2.39. The number of nitrogens with zero attached hydrogens (tertiary/aromatic N) is 5. The Balaban J connectivity index is 1.34. The van der Waals surface area contributed by atoms with E-state index >= 15 is 0 Å². The number of aromatic amines is 1. The molecule has 27 heavy (non-hydrogen) atoms. The van der Waals surface area contributed by atoms with Crippen molar-refractivity contribution in [1.29, 1.82) is 0 Å². The van der Waals surface area contributed by atoms with E-state index in [0.29, 0.717) is 12.3 Å². The molecule has 4 rings (SSSR count).